The Morgan fingerprint density at radius 2 is 2.33 bits per heavy atom. The first-order valence-corrected chi connectivity index (χ1v) is 7.11. The lowest BCUT2D eigenvalue weighted by Crippen LogP contribution is -2.35. The largest absolute Gasteiger partial charge is 0.388 e. The number of nitrogens with two attached hydrogens (primary N) is 1. The number of aliphatic hydroxyl groups excluding tert-OH is 1. The molecule has 0 bridgehead atoms. The zero-order valence-corrected chi connectivity index (χ0v) is 12.1. The third-order valence-electron chi connectivity index (χ3n) is 4.13. The summed E-state index contributed by atoms with van der Waals surface area (Å²) in [4.78, 5) is 0. The van der Waals surface area contributed by atoms with Crippen molar-refractivity contribution in [2.45, 2.75) is 32.3 Å². The fourth-order valence-corrected chi connectivity index (χ4v) is 3.41. The number of hydrogen-bond acceptors (Lipinski definition) is 2. The van der Waals surface area contributed by atoms with Crippen molar-refractivity contribution >= 4 is 15.9 Å². The molecule has 100 valence electrons. The van der Waals surface area contributed by atoms with Crippen molar-refractivity contribution in [1.29, 1.82) is 0 Å². The molecule has 3 N–H and O–H groups in total. The Kier molecular flexibility index (Phi) is 4.09. The summed E-state index contributed by atoms with van der Waals surface area (Å²) < 4.78 is 14.6. The molecule has 4 heteroatoms. The lowest BCUT2D eigenvalue weighted by atomic mass is 9.76. The van der Waals surface area contributed by atoms with Crippen LogP contribution in [0.3, 0.4) is 0 Å². The minimum atomic E-state index is -0.829. The molecule has 1 saturated carbocycles. The number of halogens is 2. The lowest BCUT2D eigenvalue weighted by Gasteiger charge is -2.33. The van der Waals surface area contributed by atoms with E-state index in [0.717, 1.165) is 23.7 Å². The van der Waals surface area contributed by atoms with Gasteiger partial charge < -0.3 is 10.8 Å². The van der Waals surface area contributed by atoms with Crippen LogP contribution in [0.4, 0.5) is 4.39 Å². The molecule has 0 heterocycles. The van der Waals surface area contributed by atoms with E-state index in [0.29, 0.717) is 18.0 Å². The molecule has 1 aromatic rings. The van der Waals surface area contributed by atoms with Gasteiger partial charge in [-0.05, 0) is 37.0 Å². The summed E-state index contributed by atoms with van der Waals surface area (Å²) in [5, 5.41) is 10.6. The van der Waals surface area contributed by atoms with Crippen molar-refractivity contribution in [3.8, 4) is 0 Å². The van der Waals surface area contributed by atoms with Crippen LogP contribution in [-0.2, 0) is 0 Å². The Morgan fingerprint density at radius 1 is 1.61 bits per heavy atom. The van der Waals surface area contributed by atoms with Gasteiger partial charge in [0.25, 0.3) is 0 Å². The molecule has 0 aromatic heterocycles. The third kappa shape index (κ3) is 2.46. The second kappa shape index (κ2) is 5.27. The minimum Gasteiger partial charge on any atom is -0.388 e. The normalized spacial score (nSPS) is 29.5. The first kappa shape index (κ1) is 14.0. The molecule has 1 aliphatic rings. The van der Waals surface area contributed by atoms with Crippen molar-refractivity contribution < 1.29 is 9.50 Å². The van der Waals surface area contributed by atoms with Gasteiger partial charge in [0.05, 0.1) is 6.10 Å². The molecule has 0 amide bonds. The molecule has 0 radical (unpaired) electrons. The maximum absolute atomic E-state index is 13.9. The van der Waals surface area contributed by atoms with E-state index in [4.69, 9.17) is 5.73 Å². The Bertz CT molecular complexity index is 440. The molecular weight excluding hydrogens is 297 g/mol. The van der Waals surface area contributed by atoms with Crippen molar-refractivity contribution in [3.63, 3.8) is 0 Å². The third-order valence-corrected chi connectivity index (χ3v) is 4.62. The van der Waals surface area contributed by atoms with Crippen LogP contribution in [0.15, 0.2) is 22.7 Å². The molecule has 1 fully saturated rings. The Labute approximate surface area is 116 Å². The van der Waals surface area contributed by atoms with Gasteiger partial charge in [-0.1, -0.05) is 29.3 Å². The summed E-state index contributed by atoms with van der Waals surface area (Å²) in [6.07, 6.45) is 1.93. The number of rotatable bonds is 3. The van der Waals surface area contributed by atoms with Crippen LogP contribution in [0.1, 0.15) is 37.9 Å². The second-order valence-electron chi connectivity index (χ2n) is 5.48. The van der Waals surface area contributed by atoms with E-state index in [9.17, 15) is 9.50 Å². The smallest absolute Gasteiger partial charge is 0.129 e. The molecule has 18 heavy (non-hydrogen) atoms. The van der Waals surface area contributed by atoms with E-state index in [2.05, 4.69) is 22.9 Å². The van der Waals surface area contributed by atoms with Gasteiger partial charge in [0.1, 0.15) is 5.82 Å². The molecule has 1 aliphatic carbocycles. The molecule has 0 saturated heterocycles. The van der Waals surface area contributed by atoms with Gasteiger partial charge in [-0.25, -0.2) is 4.39 Å². The highest BCUT2D eigenvalue weighted by atomic mass is 79.9. The average molecular weight is 316 g/mol. The highest BCUT2D eigenvalue weighted by Gasteiger charge is 2.43. The maximum Gasteiger partial charge on any atom is 0.129 e. The number of hydrogen-bond donors (Lipinski definition) is 2. The Balaban J connectivity index is 2.34. The molecule has 2 rings (SSSR count). The molecule has 3 atom stereocenters. The molecule has 3 unspecified atom stereocenters. The highest BCUT2D eigenvalue weighted by molar-refractivity contribution is 9.10. The van der Waals surface area contributed by atoms with Gasteiger partial charge >= 0.3 is 0 Å². The van der Waals surface area contributed by atoms with Crippen LogP contribution in [0.25, 0.3) is 0 Å². The fraction of sp³-hybridized carbons (Fsp3) is 0.571. The first-order valence-electron chi connectivity index (χ1n) is 6.31. The maximum atomic E-state index is 13.9. The van der Waals surface area contributed by atoms with Crippen molar-refractivity contribution in [2.75, 3.05) is 6.54 Å². The van der Waals surface area contributed by atoms with E-state index >= 15 is 0 Å². The number of benzene rings is 1. The van der Waals surface area contributed by atoms with Crippen LogP contribution in [0.5, 0.6) is 0 Å². The summed E-state index contributed by atoms with van der Waals surface area (Å²) in [7, 11) is 0. The van der Waals surface area contributed by atoms with Crippen LogP contribution < -0.4 is 5.73 Å². The van der Waals surface area contributed by atoms with E-state index in [-0.39, 0.29) is 11.2 Å². The standard InChI is InChI=1S/C14H19BrFNO/c1-9-4-5-14(7-9,8-17)13(18)11-6-10(15)2-3-12(11)16/h2-3,6,9,13,18H,4-5,7-8,17H2,1H3. The van der Waals surface area contributed by atoms with E-state index in [1.165, 1.54) is 6.07 Å². The van der Waals surface area contributed by atoms with Crippen LogP contribution in [0.2, 0.25) is 0 Å². The van der Waals surface area contributed by atoms with Gasteiger partial charge in [-0.3, -0.25) is 0 Å². The molecule has 0 aliphatic heterocycles. The van der Waals surface area contributed by atoms with Crippen LogP contribution >= 0.6 is 15.9 Å². The predicted molar refractivity (Wildman–Crippen MR) is 73.6 cm³/mol. The number of aliphatic hydroxyl groups is 1. The molecule has 1 aromatic carbocycles. The fourth-order valence-electron chi connectivity index (χ4n) is 3.03. The average Bonchev–Trinajstić information content (AvgIpc) is 2.74. The quantitative estimate of drug-likeness (QED) is 0.898. The van der Waals surface area contributed by atoms with E-state index < -0.39 is 6.10 Å². The lowest BCUT2D eigenvalue weighted by molar-refractivity contribution is 0.0280. The van der Waals surface area contributed by atoms with Crippen molar-refractivity contribution in [3.05, 3.63) is 34.1 Å². The topological polar surface area (TPSA) is 46.2 Å². The molecule has 2 nitrogen and oxygen atoms in total. The minimum absolute atomic E-state index is 0.351. The Morgan fingerprint density at radius 3 is 2.89 bits per heavy atom. The highest BCUT2D eigenvalue weighted by Crippen LogP contribution is 2.49. The predicted octanol–water partition coefficient (Wildman–Crippen LogP) is 3.39. The zero-order chi connectivity index (χ0) is 13.3. The molecular formula is C14H19BrFNO. The summed E-state index contributed by atoms with van der Waals surface area (Å²) in [6, 6.07) is 4.67. The summed E-state index contributed by atoms with van der Waals surface area (Å²) in [6.45, 7) is 2.55. The van der Waals surface area contributed by atoms with Gasteiger partial charge in [0.15, 0.2) is 0 Å². The van der Waals surface area contributed by atoms with E-state index in [1.54, 1.807) is 12.1 Å². The van der Waals surface area contributed by atoms with Crippen LogP contribution in [-0.4, -0.2) is 11.7 Å². The summed E-state index contributed by atoms with van der Waals surface area (Å²) >= 11 is 3.32. The van der Waals surface area contributed by atoms with Gasteiger partial charge in [-0.15, -0.1) is 0 Å². The second-order valence-corrected chi connectivity index (χ2v) is 6.40. The first-order chi connectivity index (χ1) is 8.48. The molecule has 0 spiro atoms. The summed E-state index contributed by atoms with van der Waals surface area (Å²) in [5.41, 5.74) is 5.84. The van der Waals surface area contributed by atoms with Crippen molar-refractivity contribution in [2.24, 2.45) is 17.1 Å². The van der Waals surface area contributed by atoms with Gasteiger partial charge in [0, 0.05) is 22.0 Å². The summed E-state index contributed by atoms with van der Waals surface area (Å²) in [5.74, 6) is 0.177. The SMILES string of the molecule is CC1CCC(CN)(C(O)c2cc(Br)ccc2F)C1. The van der Waals surface area contributed by atoms with Gasteiger partial charge in [-0.2, -0.15) is 0 Å². The van der Waals surface area contributed by atoms with Gasteiger partial charge in [0.2, 0.25) is 0 Å². The Hall–Kier alpha value is -0.450. The van der Waals surface area contributed by atoms with Crippen molar-refractivity contribution in [1.82, 2.24) is 0 Å². The van der Waals surface area contributed by atoms with E-state index in [1.807, 2.05) is 0 Å². The van der Waals surface area contributed by atoms with Crippen LogP contribution in [0, 0.1) is 17.2 Å². The monoisotopic (exact) mass is 315 g/mol. The zero-order valence-electron chi connectivity index (χ0n) is 10.5.